The number of amides is 2. The minimum atomic E-state index is -4.26. The number of urea groups is 1. The van der Waals surface area contributed by atoms with Crippen LogP contribution in [0, 0.1) is 0 Å². The van der Waals surface area contributed by atoms with Gasteiger partial charge in [-0.25, -0.2) is 17.9 Å². The van der Waals surface area contributed by atoms with Crippen LogP contribution in [-0.4, -0.2) is 45.4 Å². The predicted molar refractivity (Wildman–Crippen MR) is 96.2 cm³/mol. The lowest BCUT2D eigenvalue weighted by Crippen LogP contribution is -2.44. The number of rotatable bonds is 5. The van der Waals surface area contributed by atoms with Gasteiger partial charge < -0.3 is 16.2 Å². The van der Waals surface area contributed by atoms with Crippen molar-refractivity contribution in [2.45, 2.75) is 33.2 Å². The normalized spacial score (nSPS) is 17.0. The second kappa shape index (κ2) is 9.06. The van der Waals surface area contributed by atoms with Crippen LogP contribution in [0.5, 0.6) is 0 Å². The number of nitrogens with one attached hydrogen (secondary N) is 2. The average molecular weight is 372 g/mol. The van der Waals surface area contributed by atoms with Crippen LogP contribution in [-0.2, 0) is 14.8 Å². The number of amidine groups is 1. The van der Waals surface area contributed by atoms with E-state index in [2.05, 4.69) is 15.3 Å². The Kier molecular flexibility index (Phi) is 7.43. The van der Waals surface area contributed by atoms with Gasteiger partial charge in [0.2, 0.25) is 5.90 Å². The van der Waals surface area contributed by atoms with Crippen LogP contribution >= 0.6 is 0 Å². The summed E-state index contributed by atoms with van der Waals surface area (Å²) in [5.74, 6) is 0.00931. The number of carbonyl (C=O) groups is 1. The van der Waals surface area contributed by atoms with E-state index in [0.717, 1.165) is 6.20 Å². The molecule has 0 bridgehead atoms. The van der Waals surface area contributed by atoms with E-state index in [4.69, 9.17) is 16.2 Å². The number of sulfonamides is 1. The van der Waals surface area contributed by atoms with Gasteiger partial charge in [-0.3, -0.25) is 15.3 Å². The molecule has 1 aliphatic rings. The zero-order valence-corrected chi connectivity index (χ0v) is 15.3. The summed E-state index contributed by atoms with van der Waals surface area (Å²) in [4.78, 5) is 19.7. The summed E-state index contributed by atoms with van der Waals surface area (Å²) in [6, 6.07) is -1.14. The first-order valence-electron chi connectivity index (χ1n) is 7.60. The third-order valence-corrected chi connectivity index (χ3v) is 4.02. The Morgan fingerprint density at radius 1 is 1.44 bits per heavy atom. The van der Waals surface area contributed by atoms with Crippen LogP contribution in [0.2, 0.25) is 0 Å². The molecule has 1 heterocycles. The van der Waals surface area contributed by atoms with Crippen molar-refractivity contribution >= 4 is 27.8 Å². The SMILES string of the molecule is CC(N)=CC(=NC(C)C)NC(=O)NS(=O)(=O)C(=CN)C1=NCCCO1. The Balaban J connectivity index is 2.92. The zero-order valence-electron chi connectivity index (χ0n) is 14.4. The van der Waals surface area contributed by atoms with Gasteiger partial charge in [0.25, 0.3) is 10.0 Å². The van der Waals surface area contributed by atoms with E-state index in [0.29, 0.717) is 25.3 Å². The van der Waals surface area contributed by atoms with Crippen molar-refractivity contribution in [3.8, 4) is 0 Å². The summed E-state index contributed by atoms with van der Waals surface area (Å²) in [5, 5.41) is 2.33. The lowest BCUT2D eigenvalue weighted by Gasteiger charge is -2.16. The maximum absolute atomic E-state index is 12.3. The molecule has 25 heavy (non-hydrogen) atoms. The third-order valence-electron chi connectivity index (χ3n) is 2.68. The van der Waals surface area contributed by atoms with Crippen LogP contribution < -0.4 is 21.5 Å². The van der Waals surface area contributed by atoms with Crippen LogP contribution in [0.15, 0.2) is 32.9 Å². The van der Waals surface area contributed by atoms with Gasteiger partial charge in [0.05, 0.1) is 6.61 Å². The summed E-state index contributed by atoms with van der Waals surface area (Å²) in [5.41, 5.74) is 11.3. The van der Waals surface area contributed by atoms with Gasteiger partial charge in [-0.1, -0.05) is 0 Å². The summed E-state index contributed by atoms with van der Waals surface area (Å²) in [6.07, 6.45) is 2.92. The van der Waals surface area contributed by atoms with Gasteiger partial charge in [-0.15, -0.1) is 0 Å². The van der Waals surface area contributed by atoms with Crippen molar-refractivity contribution in [2.24, 2.45) is 21.5 Å². The van der Waals surface area contributed by atoms with Gasteiger partial charge >= 0.3 is 6.03 Å². The fraction of sp³-hybridized carbons (Fsp3) is 0.500. The number of hydrogen-bond acceptors (Lipinski definition) is 8. The Morgan fingerprint density at radius 3 is 2.60 bits per heavy atom. The summed E-state index contributed by atoms with van der Waals surface area (Å²) < 4.78 is 31.7. The Hall–Kier alpha value is -2.56. The minimum Gasteiger partial charge on any atom is -0.477 e. The van der Waals surface area contributed by atoms with Crippen molar-refractivity contribution in [3.63, 3.8) is 0 Å². The molecule has 0 unspecified atom stereocenters. The van der Waals surface area contributed by atoms with Crippen molar-refractivity contribution in [1.29, 1.82) is 0 Å². The van der Waals surface area contributed by atoms with Crippen LogP contribution in [0.1, 0.15) is 27.2 Å². The second-order valence-corrected chi connectivity index (χ2v) is 7.13. The third kappa shape index (κ3) is 6.83. The zero-order chi connectivity index (χ0) is 19.0. The van der Waals surface area contributed by atoms with Gasteiger partial charge in [0, 0.05) is 30.9 Å². The molecule has 0 saturated carbocycles. The summed E-state index contributed by atoms with van der Waals surface area (Å²) in [7, 11) is -4.26. The molecular weight excluding hydrogens is 348 g/mol. The highest BCUT2D eigenvalue weighted by atomic mass is 32.2. The molecule has 0 aromatic heterocycles. The number of aliphatic imine (C=N–C) groups is 2. The highest BCUT2D eigenvalue weighted by molar-refractivity contribution is 7.94. The average Bonchev–Trinajstić information content (AvgIpc) is 2.46. The lowest BCUT2D eigenvalue weighted by atomic mass is 10.4. The molecule has 0 aromatic carbocycles. The van der Waals surface area contributed by atoms with E-state index in [-0.39, 0.29) is 17.8 Å². The lowest BCUT2D eigenvalue weighted by molar-refractivity contribution is 0.250. The number of nitrogens with zero attached hydrogens (tertiary/aromatic N) is 2. The molecule has 6 N–H and O–H groups in total. The summed E-state index contributed by atoms with van der Waals surface area (Å²) >= 11 is 0. The maximum Gasteiger partial charge on any atom is 0.334 e. The molecule has 1 aliphatic heterocycles. The smallest absolute Gasteiger partial charge is 0.334 e. The van der Waals surface area contributed by atoms with Gasteiger partial charge in [-0.05, 0) is 26.8 Å². The molecule has 10 nitrogen and oxygen atoms in total. The van der Waals surface area contributed by atoms with E-state index in [1.165, 1.54) is 6.08 Å². The van der Waals surface area contributed by atoms with Crippen LogP contribution in [0.3, 0.4) is 0 Å². The monoisotopic (exact) mass is 372 g/mol. The number of allylic oxidation sites excluding steroid dienone is 1. The first kappa shape index (κ1) is 20.5. The molecule has 0 spiro atoms. The van der Waals surface area contributed by atoms with E-state index >= 15 is 0 Å². The largest absolute Gasteiger partial charge is 0.477 e. The molecule has 0 atom stereocenters. The van der Waals surface area contributed by atoms with Crippen molar-refractivity contribution in [1.82, 2.24) is 10.0 Å². The van der Waals surface area contributed by atoms with E-state index in [1.807, 2.05) is 4.72 Å². The van der Waals surface area contributed by atoms with Crippen LogP contribution in [0.4, 0.5) is 4.79 Å². The molecular formula is C14H24N6O4S. The fourth-order valence-corrected chi connectivity index (χ4v) is 2.74. The molecule has 0 aliphatic carbocycles. The minimum absolute atomic E-state index is 0.122. The Morgan fingerprint density at radius 2 is 2.12 bits per heavy atom. The molecule has 0 fully saturated rings. The van der Waals surface area contributed by atoms with Gasteiger partial charge in [0.1, 0.15) is 5.84 Å². The van der Waals surface area contributed by atoms with Gasteiger partial charge in [-0.2, -0.15) is 0 Å². The number of hydrogen-bond donors (Lipinski definition) is 4. The molecule has 0 saturated heterocycles. The molecule has 1 rings (SSSR count). The first-order chi connectivity index (χ1) is 11.7. The second-order valence-electron chi connectivity index (χ2n) is 5.48. The Bertz CT molecular complexity index is 718. The van der Waals surface area contributed by atoms with E-state index in [1.54, 1.807) is 20.8 Å². The van der Waals surface area contributed by atoms with Crippen molar-refractivity contribution < 1.29 is 17.9 Å². The van der Waals surface area contributed by atoms with E-state index in [9.17, 15) is 13.2 Å². The summed E-state index contributed by atoms with van der Waals surface area (Å²) in [6.45, 7) is 5.94. The quantitative estimate of drug-likeness (QED) is 0.389. The van der Waals surface area contributed by atoms with Crippen molar-refractivity contribution in [2.75, 3.05) is 13.2 Å². The Labute approximate surface area is 147 Å². The van der Waals surface area contributed by atoms with Crippen LogP contribution in [0.25, 0.3) is 0 Å². The van der Waals surface area contributed by atoms with Crippen molar-refractivity contribution in [3.05, 3.63) is 22.9 Å². The number of nitrogens with two attached hydrogens (primary N) is 2. The fourth-order valence-electron chi connectivity index (χ4n) is 1.80. The molecule has 140 valence electrons. The van der Waals surface area contributed by atoms with E-state index < -0.39 is 21.0 Å². The molecule has 0 radical (unpaired) electrons. The molecule has 0 aromatic rings. The maximum atomic E-state index is 12.3. The highest BCUT2D eigenvalue weighted by Crippen LogP contribution is 2.11. The first-order valence-corrected chi connectivity index (χ1v) is 9.09. The highest BCUT2D eigenvalue weighted by Gasteiger charge is 2.27. The number of carbonyl (C=O) groups excluding carboxylic acids is 1. The number of ether oxygens (including phenoxy) is 1. The topological polar surface area (TPSA) is 161 Å². The molecule has 2 amide bonds. The predicted octanol–water partition coefficient (Wildman–Crippen LogP) is -0.0963. The van der Waals surface area contributed by atoms with Gasteiger partial charge in [0.15, 0.2) is 4.91 Å². The molecule has 11 heteroatoms. The standard InChI is InChI=1S/C14H24N6O4S/c1-9(2)18-12(7-10(3)16)19-14(21)20-25(22,23)11(8-15)13-17-5-4-6-24-13/h7-9H,4-6,15-16H2,1-3H3,(H2,18,19,20,21).